The number of rotatable bonds is 3. The summed E-state index contributed by atoms with van der Waals surface area (Å²) < 4.78 is 5.67. The lowest BCUT2D eigenvalue weighted by atomic mass is 10.1. The predicted molar refractivity (Wildman–Crippen MR) is 67.1 cm³/mol. The topological polar surface area (TPSA) is 63.9 Å². The van der Waals surface area contributed by atoms with Gasteiger partial charge in [-0.25, -0.2) is 0 Å². The van der Waals surface area contributed by atoms with E-state index in [1.54, 1.807) is 6.07 Å². The molecule has 1 aliphatic carbocycles. The normalized spacial score (nSPS) is 14.9. The molecule has 1 aliphatic rings. The average molecular weight is 250 g/mol. The number of H-pyrrole nitrogens is 1. The molecule has 0 aliphatic heterocycles. The van der Waals surface area contributed by atoms with E-state index in [0.717, 1.165) is 29.8 Å². The largest absolute Gasteiger partial charge is 0.489 e. The van der Waals surface area contributed by atoms with Crippen LogP contribution in [-0.4, -0.2) is 16.3 Å². The zero-order valence-electron chi connectivity index (χ0n) is 9.11. The summed E-state index contributed by atoms with van der Waals surface area (Å²) in [5, 5.41) is 7.34. The summed E-state index contributed by atoms with van der Waals surface area (Å²) in [5.74, 6) is 1.21. The van der Waals surface area contributed by atoms with E-state index in [-0.39, 0.29) is 0 Å². The molecule has 0 saturated heterocycles. The molecule has 0 amide bonds. The van der Waals surface area contributed by atoms with Crippen LogP contribution in [0.2, 0.25) is 5.02 Å². The number of nitrogens with two attached hydrogens (primary N) is 1. The molecule has 88 valence electrons. The van der Waals surface area contributed by atoms with Crippen LogP contribution in [0.3, 0.4) is 0 Å². The zero-order valence-corrected chi connectivity index (χ0v) is 9.87. The van der Waals surface area contributed by atoms with Gasteiger partial charge >= 0.3 is 0 Å². The molecule has 1 aromatic heterocycles. The quantitative estimate of drug-likeness (QED) is 0.879. The molecule has 1 fully saturated rings. The average Bonchev–Trinajstić information content (AvgIpc) is 3.02. The number of nitrogen functional groups attached to an aromatic ring is 1. The first kappa shape index (κ1) is 10.5. The first-order valence-corrected chi connectivity index (χ1v) is 5.87. The Hall–Kier alpha value is -1.68. The van der Waals surface area contributed by atoms with Crippen LogP contribution in [0.5, 0.6) is 5.75 Å². The number of nitrogens with one attached hydrogen (secondary N) is 1. The number of anilines is 1. The van der Waals surface area contributed by atoms with Gasteiger partial charge in [0.15, 0.2) is 0 Å². The Balaban J connectivity index is 1.89. The molecule has 0 unspecified atom stereocenters. The highest BCUT2D eigenvalue weighted by molar-refractivity contribution is 6.32. The van der Waals surface area contributed by atoms with Crippen molar-refractivity contribution in [3.63, 3.8) is 0 Å². The van der Waals surface area contributed by atoms with Crippen molar-refractivity contribution in [3.8, 4) is 17.0 Å². The minimum absolute atomic E-state index is 0.348. The second-order valence-corrected chi connectivity index (χ2v) is 4.58. The molecule has 4 nitrogen and oxygen atoms in total. The fourth-order valence-electron chi connectivity index (χ4n) is 1.61. The van der Waals surface area contributed by atoms with Gasteiger partial charge in [-0.15, -0.1) is 0 Å². The smallest absolute Gasteiger partial charge is 0.145 e. The summed E-state index contributed by atoms with van der Waals surface area (Å²) in [7, 11) is 0. The molecule has 1 aromatic carbocycles. The highest BCUT2D eigenvalue weighted by Gasteiger charge is 2.24. The first-order chi connectivity index (χ1) is 8.22. The van der Waals surface area contributed by atoms with Gasteiger partial charge in [-0.1, -0.05) is 11.6 Å². The lowest BCUT2D eigenvalue weighted by molar-refractivity contribution is 0.303. The lowest BCUT2D eigenvalue weighted by Crippen LogP contribution is -1.96. The molecule has 17 heavy (non-hydrogen) atoms. The molecule has 0 radical (unpaired) electrons. The maximum atomic E-state index is 6.17. The molecule has 2 aromatic rings. The number of hydrogen-bond acceptors (Lipinski definition) is 3. The fourth-order valence-corrected chi connectivity index (χ4v) is 1.84. The summed E-state index contributed by atoms with van der Waals surface area (Å²) in [4.78, 5) is 0. The Labute approximate surface area is 104 Å². The molecule has 1 saturated carbocycles. The van der Waals surface area contributed by atoms with E-state index in [1.165, 1.54) is 0 Å². The lowest BCUT2D eigenvalue weighted by Gasteiger charge is -2.07. The highest BCUT2D eigenvalue weighted by atomic mass is 35.5. The van der Waals surface area contributed by atoms with Crippen LogP contribution in [0.4, 0.5) is 5.82 Å². The van der Waals surface area contributed by atoms with Crippen LogP contribution in [0.25, 0.3) is 11.3 Å². The minimum Gasteiger partial charge on any atom is -0.489 e. The van der Waals surface area contributed by atoms with E-state index in [0.29, 0.717) is 16.9 Å². The second-order valence-electron chi connectivity index (χ2n) is 4.17. The maximum Gasteiger partial charge on any atom is 0.145 e. The minimum atomic E-state index is 0.348. The molecule has 3 rings (SSSR count). The molecular formula is C12H12ClN3O. The van der Waals surface area contributed by atoms with Crippen LogP contribution in [0.15, 0.2) is 24.3 Å². The van der Waals surface area contributed by atoms with Crippen LogP contribution in [0, 0.1) is 0 Å². The third-order valence-corrected chi connectivity index (χ3v) is 2.95. The predicted octanol–water partition coefficient (Wildman–Crippen LogP) is 2.85. The van der Waals surface area contributed by atoms with Crippen molar-refractivity contribution in [3.05, 3.63) is 29.3 Å². The standard InChI is InChI=1S/C12H12ClN3O/c13-9-5-7(10-6-12(14)16-15-10)1-4-11(9)17-8-2-3-8/h1,4-6,8H,2-3H2,(H3,14,15,16). The number of hydrogen-bond donors (Lipinski definition) is 2. The van der Waals surface area contributed by atoms with Crippen molar-refractivity contribution < 1.29 is 4.74 Å². The van der Waals surface area contributed by atoms with Gasteiger partial charge in [0.1, 0.15) is 11.6 Å². The molecular weight excluding hydrogens is 238 g/mol. The number of nitrogens with zero attached hydrogens (tertiary/aromatic N) is 1. The second kappa shape index (κ2) is 3.96. The van der Waals surface area contributed by atoms with Crippen molar-refractivity contribution in [1.82, 2.24) is 10.2 Å². The van der Waals surface area contributed by atoms with E-state index >= 15 is 0 Å². The van der Waals surface area contributed by atoms with Gasteiger partial charge in [-0.05, 0) is 31.0 Å². The summed E-state index contributed by atoms with van der Waals surface area (Å²) in [5.41, 5.74) is 7.35. The summed E-state index contributed by atoms with van der Waals surface area (Å²) in [6, 6.07) is 7.45. The third kappa shape index (κ3) is 2.22. The number of ether oxygens (including phenoxy) is 1. The van der Waals surface area contributed by atoms with Crippen LogP contribution in [-0.2, 0) is 0 Å². The SMILES string of the molecule is Nc1cc(-c2ccc(OC3CC3)c(Cl)c2)[nH]n1. The Morgan fingerprint density at radius 2 is 2.18 bits per heavy atom. The fraction of sp³-hybridized carbons (Fsp3) is 0.250. The van der Waals surface area contributed by atoms with Gasteiger partial charge in [0, 0.05) is 11.6 Å². The Morgan fingerprint density at radius 3 is 2.76 bits per heavy atom. The van der Waals surface area contributed by atoms with Gasteiger partial charge in [0.05, 0.1) is 16.8 Å². The van der Waals surface area contributed by atoms with Crippen LogP contribution < -0.4 is 10.5 Å². The first-order valence-electron chi connectivity index (χ1n) is 5.50. The van der Waals surface area contributed by atoms with Crippen molar-refractivity contribution in [2.24, 2.45) is 0 Å². The van der Waals surface area contributed by atoms with Gasteiger partial charge in [0.2, 0.25) is 0 Å². The molecule has 0 bridgehead atoms. The van der Waals surface area contributed by atoms with E-state index in [9.17, 15) is 0 Å². The monoisotopic (exact) mass is 249 g/mol. The molecule has 3 N–H and O–H groups in total. The van der Waals surface area contributed by atoms with Gasteiger partial charge < -0.3 is 10.5 Å². The van der Waals surface area contributed by atoms with E-state index in [2.05, 4.69) is 10.2 Å². The molecule has 0 spiro atoms. The Bertz CT molecular complexity index is 548. The van der Waals surface area contributed by atoms with Gasteiger partial charge in [0.25, 0.3) is 0 Å². The number of halogens is 1. The van der Waals surface area contributed by atoms with Crippen molar-refractivity contribution >= 4 is 17.4 Å². The van der Waals surface area contributed by atoms with E-state index in [1.807, 2.05) is 18.2 Å². The molecule has 5 heteroatoms. The highest BCUT2D eigenvalue weighted by Crippen LogP contribution is 2.34. The van der Waals surface area contributed by atoms with Gasteiger partial charge in [-0.2, -0.15) is 5.10 Å². The Kier molecular flexibility index (Phi) is 2.44. The number of aromatic amines is 1. The van der Waals surface area contributed by atoms with E-state index < -0.39 is 0 Å². The van der Waals surface area contributed by atoms with Crippen LogP contribution in [0.1, 0.15) is 12.8 Å². The van der Waals surface area contributed by atoms with Crippen molar-refractivity contribution in [1.29, 1.82) is 0 Å². The van der Waals surface area contributed by atoms with Gasteiger partial charge in [-0.3, -0.25) is 5.10 Å². The Morgan fingerprint density at radius 1 is 1.35 bits per heavy atom. The maximum absolute atomic E-state index is 6.17. The number of benzene rings is 1. The molecule has 1 heterocycles. The number of aromatic nitrogens is 2. The van der Waals surface area contributed by atoms with Crippen molar-refractivity contribution in [2.45, 2.75) is 18.9 Å². The summed E-state index contributed by atoms with van der Waals surface area (Å²) in [6.45, 7) is 0. The van der Waals surface area contributed by atoms with Crippen molar-refractivity contribution in [2.75, 3.05) is 5.73 Å². The van der Waals surface area contributed by atoms with E-state index in [4.69, 9.17) is 22.1 Å². The zero-order chi connectivity index (χ0) is 11.8. The molecule has 0 atom stereocenters. The third-order valence-electron chi connectivity index (χ3n) is 2.66. The van der Waals surface area contributed by atoms with Crippen LogP contribution >= 0.6 is 11.6 Å². The summed E-state index contributed by atoms with van der Waals surface area (Å²) in [6.07, 6.45) is 2.59. The summed E-state index contributed by atoms with van der Waals surface area (Å²) >= 11 is 6.17.